The van der Waals surface area contributed by atoms with Crippen LogP contribution < -0.4 is 0 Å². The zero-order chi connectivity index (χ0) is 15.7. The van der Waals surface area contributed by atoms with Crippen LogP contribution >= 0.6 is 0 Å². The van der Waals surface area contributed by atoms with Gasteiger partial charge >= 0.3 is 0 Å². The molecule has 0 amide bonds. The molecule has 0 aromatic heterocycles. The Balaban J connectivity index is 2.20. The Kier molecular flexibility index (Phi) is 2.13. The van der Waals surface area contributed by atoms with E-state index in [-0.39, 0.29) is 11.5 Å². The molecular formula is C20H12O3. The number of benzene rings is 5. The third-order valence-corrected chi connectivity index (χ3v) is 4.71. The highest BCUT2D eigenvalue weighted by molar-refractivity contribution is 6.30. The maximum absolute atomic E-state index is 10.2. The van der Waals surface area contributed by atoms with Gasteiger partial charge in [0.05, 0.1) is 0 Å². The van der Waals surface area contributed by atoms with Crippen LogP contribution in [0.25, 0.3) is 43.1 Å². The largest absolute Gasteiger partial charge is 0.504 e. The third kappa shape index (κ3) is 1.39. The van der Waals surface area contributed by atoms with Crippen molar-refractivity contribution in [3.05, 3.63) is 54.6 Å². The van der Waals surface area contributed by atoms with Gasteiger partial charge in [-0.2, -0.15) is 0 Å². The molecule has 0 saturated carbocycles. The quantitative estimate of drug-likeness (QED) is 0.217. The Morgan fingerprint density at radius 3 is 1.91 bits per heavy atom. The molecule has 0 radical (unpaired) electrons. The van der Waals surface area contributed by atoms with Gasteiger partial charge in [0.1, 0.15) is 0 Å². The van der Waals surface area contributed by atoms with E-state index in [0.29, 0.717) is 10.8 Å². The summed E-state index contributed by atoms with van der Waals surface area (Å²) in [5.41, 5.74) is 0. The molecule has 5 rings (SSSR count). The lowest BCUT2D eigenvalue weighted by atomic mass is 9.90. The topological polar surface area (TPSA) is 60.7 Å². The minimum Gasteiger partial charge on any atom is -0.504 e. The minimum absolute atomic E-state index is 0.280. The van der Waals surface area contributed by atoms with Gasteiger partial charge in [-0.25, -0.2) is 0 Å². The van der Waals surface area contributed by atoms with E-state index in [9.17, 15) is 15.3 Å². The van der Waals surface area contributed by atoms with E-state index in [1.54, 1.807) is 12.1 Å². The minimum atomic E-state index is -0.472. The fourth-order valence-electron chi connectivity index (χ4n) is 3.66. The molecule has 0 spiro atoms. The molecule has 0 fully saturated rings. The average molecular weight is 300 g/mol. The van der Waals surface area contributed by atoms with Gasteiger partial charge in [-0.15, -0.1) is 0 Å². The number of phenols is 3. The summed E-state index contributed by atoms with van der Waals surface area (Å²) in [6.07, 6.45) is 0. The zero-order valence-corrected chi connectivity index (χ0v) is 12.0. The van der Waals surface area contributed by atoms with Gasteiger partial charge in [0, 0.05) is 16.2 Å². The van der Waals surface area contributed by atoms with Crippen LogP contribution in [0.2, 0.25) is 0 Å². The number of phenolic OH excluding ortho intramolecular Hbond substituents is 3. The molecule has 5 aromatic rings. The molecule has 0 saturated heterocycles. The zero-order valence-electron chi connectivity index (χ0n) is 12.0. The second-order valence-corrected chi connectivity index (χ2v) is 5.89. The Bertz CT molecular complexity index is 1210. The van der Waals surface area contributed by atoms with Crippen molar-refractivity contribution in [2.24, 2.45) is 0 Å². The van der Waals surface area contributed by atoms with Gasteiger partial charge in [0.15, 0.2) is 11.5 Å². The van der Waals surface area contributed by atoms with Crippen LogP contribution in [0.3, 0.4) is 0 Å². The first-order valence-corrected chi connectivity index (χ1v) is 7.40. The summed E-state index contributed by atoms with van der Waals surface area (Å²) < 4.78 is 0. The lowest BCUT2D eigenvalue weighted by Crippen LogP contribution is -1.87. The number of hydrogen-bond acceptors (Lipinski definition) is 3. The molecular weight excluding hydrogens is 288 g/mol. The predicted octanol–water partition coefficient (Wildman–Crippen LogP) is 4.85. The van der Waals surface area contributed by atoms with E-state index in [1.807, 2.05) is 24.3 Å². The van der Waals surface area contributed by atoms with Crippen molar-refractivity contribution >= 4 is 43.1 Å². The van der Waals surface area contributed by atoms with E-state index in [1.165, 1.54) is 0 Å². The first-order valence-electron chi connectivity index (χ1n) is 7.40. The Labute approximate surface area is 131 Å². The molecule has 0 unspecified atom stereocenters. The number of fused-ring (bicyclic) bond motifs is 2. The highest BCUT2D eigenvalue weighted by Crippen LogP contribution is 2.49. The summed E-state index contributed by atoms with van der Waals surface area (Å²) in [6, 6.07) is 17.7. The number of rotatable bonds is 0. The summed E-state index contributed by atoms with van der Waals surface area (Å²) in [4.78, 5) is 0. The van der Waals surface area contributed by atoms with E-state index >= 15 is 0 Å². The molecule has 5 aromatic carbocycles. The van der Waals surface area contributed by atoms with Gasteiger partial charge in [-0.1, -0.05) is 36.4 Å². The van der Waals surface area contributed by atoms with Crippen molar-refractivity contribution in [3.8, 4) is 17.2 Å². The second-order valence-electron chi connectivity index (χ2n) is 5.89. The monoisotopic (exact) mass is 300 g/mol. The number of aromatic hydroxyl groups is 3. The Morgan fingerprint density at radius 1 is 0.478 bits per heavy atom. The summed E-state index contributed by atoms with van der Waals surface area (Å²) >= 11 is 0. The van der Waals surface area contributed by atoms with Crippen LogP contribution in [0, 0.1) is 0 Å². The lowest BCUT2D eigenvalue weighted by molar-refractivity contribution is 0.374. The highest BCUT2D eigenvalue weighted by Gasteiger charge is 2.19. The van der Waals surface area contributed by atoms with Crippen molar-refractivity contribution in [3.63, 3.8) is 0 Å². The molecule has 3 heteroatoms. The molecule has 23 heavy (non-hydrogen) atoms. The van der Waals surface area contributed by atoms with Crippen LogP contribution in [-0.2, 0) is 0 Å². The fourth-order valence-corrected chi connectivity index (χ4v) is 3.66. The first kappa shape index (κ1) is 12.4. The highest BCUT2D eigenvalue weighted by atomic mass is 16.3. The third-order valence-electron chi connectivity index (χ3n) is 4.71. The molecule has 0 atom stereocenters. The average Bonchev–Trinajstić information content (AvgIpc) is 2.59. The second kappa shape index (κ2) is 3.96. The van der Waals surface area contributed by atoms with Gasteiger partial charge in [0.25, 0.3) is 0 Å². The van der Waals surface area contributed by atoms with Crippen LogP contribution in [-0.4, -0.2) is 15.3 Å². The standard InChI is InChI=1S/C20H12O3/c21-18-14-6-5-11-9-10-3-1-2-4-12(10)13-7-8-15(17(14)16(11)13)19(22)20(18)23/h1-9,21-23H. The van der Waals surface area contributed by atoms with E-state index < -0.39 is 5.75 Å². The van der Waals surface area contributed by atoms with E-state index in [0.717, 1.165) is 32.3 Å². The Hall–Kier alpha value is -3.20. The molecule has 110 valence electrons. The SMILES string of the molecule is Oc1c(O)c2ccc3cc4ccccc4c4ccc(c1O)c2c34. The van der Waals surface area contributed by atoms with Gasteiger partial charge in [-0.05, 0) is 45.1 Å². The molecule has 0 aliphatic rings. The molecule has 3 nitrogen and oxygen atoms in total. The fraction of sp³-hybridized carbons (Fsp3) is 0. The van der Waals surface area contributed by atoms with Crippen LogP contribution in [0.1, 0.15) is 0 Å². The normalized spacial score (nSPS) is 12.0. The van der Waals surface area contributed by atoms with Crippen molar-refractivity contribution in [2.75, 3.05) is 0 Å². The van der Waals surface area contributed by atoms with Crippen molar-refractivity contribution < 1.29 is 15.3 Å². The van der Waals surface area contributed by atoms with Crippen LogP contribution in [0.15, 0.2) is 54.6 Å². The van der Waals surface area contributed by atoms with Crippen LogP contribution in [0.5, 0.6) is 17.2 Å². The smallest absolute Gasteiger partial charge is 0.201 e. The summed E-state index contributed by atoms with van der Waals surface area (Å²) in [5.74, 6) is -1.03. The predicted molar refractivity (Wildman–Crippen MR) is 92.6 cm³/mol. The summed E-state index contributed by atoms with van der Waals surface area (Å²) in [5, 5.41) is 37.6. The van der Waals surface area contributed by atoms with E-state index in [4.69, 9.17) is 0 Å². The lowest BCUT2D eigenvalue weighted by Gasteiger charge is -2.15. The molecule has 0 heterocycles. The molecule has 0 aliphatic carbocycles. The maximum Gasteiger partial charge on any atom is 0.201 e. The van der Waals surface area contributed by atoms with Crippen molar-refractivity contribution in [1.82, 2.24) is 0 Å². The maximum atomic E-state index is 10.2. The van der Waals surface area contributed by atoms with E-state index in [2.05, 4.69) is 18.2 Å². The summed E-state index contributed by atoms with van der Waals surface area (Å²) in [6.45, 7) is 0. The first-order chi connectivity index (χ1) is 11.2. The van der Waals surface area contributed by atoms with Crippen molar-refractivity contribution in [2.45, 2.75) is 0 Å². The molecule has 0 aliphatic heterocycles. The van der Waals surface area contributed by atoms with Crippen LogP contribution in [0.4, 0.5) is 0 Å². The molecule has 3 N–H and O–H groups in total. The summed E-state index contributed by atoms with van der Waals surface area (Å²) in [7, 11) is 0. The Morgan fingerprint density at radius 2 is 1.13 bits per heavy atom. The number of hydrogen-bond donors (Lipinski definition) is 3. The van der Waals surface area contributed by atoms with Crippen molar-refractivity contribution in [1.29, 1.82) is 0 Å². The van der Waals surface area contributed by atoms with Gasteiger partial charge < -0.3 is 15.3 Å². The van der Waals surface area contributed by atoms with Gasteiger partial charge in [0.2, 0.25) is 5.75 Å². The van der Waals surface area contributed by atoms with Gasteiger partial charge in [-0.3, -0.25) is 0 Å². The molecule has 0 bridgehead atoms.